The van der Waals surface area contributed by atoms with Crippen LogP contribution in [0.15, 0.2) is 52.3 Å². The van der Waals surface area contributed by atoms with Crippen LogP contribution in [0.3, 0.4) is 0 Å². The SMILES string of the molecule is NC(=O)OC1CCOc2cc(Sc3cccc(Cl)c3)ccc21. The molecule has 4 nitrogen and oxygen atoms in total. The predicted molar refractivity (Wildman–Crippen MR) is 85.5 cm³/mol. The Labute approximate surface area is 137 Å². The first-order chi connectivity index (χ1) is 10.6. The molecule has 0 radical (unpaired) electrons. The first-order valence-corrected chi connectivity index (χ1v) is 7.97. The van der Waals surface area contributed by atoms with Crippen molar-refractivity contribution in [3.8, 4) is 5.75 Å². The zero-order valence-corrected chi connectivity index (χ0v) is 13.2. The Morgan fingerprint density at radius 2 is 2.09 bits per heavy atom. The van der Waals surface area contributed by atoms with Crippen LogP contribution in [0.25, 0.3) is 0 Å². The molecule has 3 rings (SSSR count). The van der Waals surface area contributed by atoms with E-state index < -0.39 is 6.09 Å². The maximum absolute atomic E-state index is 11.0. The molecule has 0 aromatic heterocycles. The van der Waals surface area contributed by atoms with Crippen molar-refractivity contribution in [2.45, 2.75) is 22.3 Å². The van der Waals surface area contributed by atoms with Crippen LogP contribution in [-0.2, 0) is 4.74 Å². The molecule has 114 valence electrons. The highest BCUT2D eigenvalue weighted by molar-refractivity contribution is 7.99. The van der Waals surface area contributed by atoms with E-state index in [9.17, 15) is 4.79 Å². The van der Waals surface area contributed by atoms with Crippen LogP contribution in [0.5, 0.6) is 5.75 Å². The third-order valence-corrected chi connectivity index (χ3v) is 4.47. The molecular weight excluding hydrogens is 322 g/mol. The van der Waals surface area contributed by atoms with Crippen molar-refractivity contribution in [3.63, 3.8) is 0 Å². The molecule has 1 aliphatic heterocycles. The number of rotatable bonds is 3. The minimum absolute atomic E-state index is 0.341. The second-order valence-electron chi connectivity index (χ2n) is 4.82. The monoisotopic (exact) mass is 335 g/mol. The van der Waals surface area contributed by atoms with Gasteiger partial charge in [-0.3, -0.25) is 0 Å². The summed E-state index contributed by atoms with van der Waals surface area (Å²) in [5, 5.41) is 0.703. The quantitative estimate of drug-likeness (QED) is 0.902. The van der Waals surface area contributed by atoms with Gasteiger partial charge in [-0.1, -0.05) is 35.5 Å². The average molecular weight is 336 g/mol. The highest BCUT2D eigenvalue weighted by Gasteiger charge is 2.24. The van der Waals surface area contributed by atoms with Gasteiger partial charge < -0.3 is 15.2 Å². The van der Waals surface area contributed by atoms with Crippen molar-refractivity contribution >= 4 is 29.5 Å². The van der Waals surface area contributed by atoms with Crippen molar-refractivity contribution in [2.75, 3.05) is 6.61 Å². The summed E-state index contributed by atoms with van der Waals surface area (Å²) in [5.41, 5.74) is 5.96. The van der Waals surface area contributed by atoms with Gasteiger partial charge in [-0.2, -0.15) is 0 Å². The molecule has 22 heavy (non-hydrogen) atoms. The van der Waals surface area contributed by atoms with Gasteiger partial charge in [-0.05, 0) is 30.3 Å². The summed E-state index contributed by atoms with van der Waals surface area (Å²) in [6.07, 6.45) is -0.502. The van der Waals surface area contributed by atoms with Crippen LogP contribution in [0.1, 0.15) is 18.1 Å². The van der Waals surface area contributed by atoms with E-state index in [4.69, 9.17) is 26.8 Å². The minimum atomic E-state index is -0.768. The Balaban J connectivity index is 1.83. The van der Waals surface area contributed by atoms with Crippen LogP contribution in [-0.4, -0.2) is 12.7 Å². The zero-order chi connectivity index (χ0) is 15.5. The molecule has 0 saturated heterocycles. The molecule has 0 fully saturated rings. The number of benzene rings is 2. The Morgan fingerprint density at radius 3 is 2.86 bits per heavy atom. The molecule has 2 aromatic rings. The molecule has 1 amide bonds. The lowest BCUT2D eigenvalue weighted by molar-refractivity contribution is 0.0764. The molecule has 1 unspecified atom stereocenters. The van der Waals surface area contributed by atoms with Gasteiger partial charge in [0.05, 0.1) is 6.61 Å². The normalized spacial score (nSPS) is 16.5. The second kappa shape index (κ2) is 6.50. The largest absolute Gasteiger partial charge is 0.493 e. The Hall–Kier alpha value is -1.85. The standard InChI is InChI=1S/C16H14ClNO3S/c17-10-2-1-3-11(8-10)22-12-4-5-13-14(21-16(18)19)6-7-20-15(13)9-12/h1-5,8-9,14H,6-7H2,(H2,18,19). The molecule has 1 heterocycles. The zero-order valence-electron chi connectivity index (χ0n) is 11.6. The van der Waals surface area contributed by atoms with E-state index in [2.05, 4.69) is 0 Å². The number of carbonyl (C=O) groups excluding carboxylic acids is 1. The van der Waals surface area contributed by atoms with Crippen LogP contribution in [0.4, 0.5) is 4.79 Å². The van der Waals surface area contributed by atoms with Crippen LogP contribution in [0.2, 0.25) is 5.02 Å². The van der Waals surface area contributed by atoms with E-state index in [0.29, 0.717) is 18.1 Å². The molecule has 0 saturated carbocycles. The fourth-order valence-electron chi connectivity index (χ4n) is 2.33. The van der Waals surface area contributed by atoms with E-state index >= 15 is 0 Å². The first-order valence-electron chi connectivity index (χ1n) is 6.78. The minimum Gasteiger partial charge on any atom is -0.493 e. The summed E-state index contributed by atoms with van der Waals surface area (Å²) < 4.78 is 10.8. The van der Waals surface area contributed by atoms with Crippen LogP contribution >= 0.6 is 23.4 Å². The molecule has 0 spiro atoms. The van der Waals surface area contributed by atoms with E-state index in [1.165, 1.54) is 0 Å². The Kier molecular flexibility index (Phi) is 4.45. The molecule has 2 aromatic carbocycles. The lowest BCUT2D eigenvalue weighted by atomic mass is 10.0. The van der Waals surface area contributed by atoms with Gasteiger partial charge >= 0.3 is 6.09 Å². The van der Waals surface area contributed by atoms with Gasteiger partial charge in [0.1, 0.15) is 11.9 Å². The van der Waals surface area contributed by atoms with Gasteiger partial charge in [-0.25, -0.2) is 4.79 Å². The first kappa shape index (κ1) is 15.1. The predicted octanol–water partition coefficient (Wildman–Crippen LogP) is 4.41. The molecule has 2 N–H and O–H groups in total. The van der Waals surface area contributed by atoms with Crippen molar-refractivity contribution in [1.82, 2.24) is 0 Å². The van der Waals surface area contributed by atoms with Gasteiger partial charge in [0.15, 0.2) is 0 Å². The number of ether oxygens (including phenoxy) is 2. The van der Waals surface area contributed by atoms with Crippen molar-refractivity contribution in [3.05, 3.63) is 53.1 Å². The summed E-state index contributed by atoms with van der Waals surface area (Å²) >= 11 is 7.59. The molecule has 0 aliphatic carbocycles. The highest BCUT2D eigenvalue weighted by atomic mass is 35.5. The summed E-state index contributed by atoms with van der Waals surface area (Å²) in [6.45, 7) is 0.496. The van der Waals surface area contributed by atoms with E-state index in [1.807, 2.05) is 42.5 Å². The Bertz CT molecular complexity index is 708. The number of nitrogens with two attached hydrogens (primary N) is 1. The summed E-state index contributed by atoms with van der Waals surface area (Å²) in [6, 6.07) is 13.5. The summed E-state index contributed by atoms with van der Waals surface area (Å²) in [5.74, 6) is 0.726. The number of halogens is 1. The number of amides is 1. The lowest BCUT2D eigenvalue weighted by Crippen LogP contribution is -2.22. The molecule has 1 aliphatic rings. The maximum atomic E-state index is 11.0. The fraction of sp³-hybridized carbons (Fsp3) is 0.188. The lowest BCUT2D eigenvalue weighted by Gasteiger charge is -2.25. The fourth-order valence-corrected chi connectivity index (χ4v) is 3.49. The second-order valence-corrected chi connectivity index (χ2v) is 6.41. The van der Waals surface area contributed by atoms with Gasteiger partial charge in [-0.15, -0.1) is 0 Å². The molecular formula is C16H14ClNO3S. The number of fused-ring (bicyclic) bond motifs is 1. The average Bonchev–Trinajstić information content (AvgIpc) is 2.47. The molecule has 6 heteroatoms. The van der Waals surface area contributed by atoms with Crippen LogP contribution in [0, 0.1) is 0 Å². The number of primary amides is 1. The number of carbonyl (C=O) groups is 1. The van der Waals surface area contributed by atoms with E-state index in [1.54, 1.807) is 11.8 Å². The summed E-state index contributed by atoms with van der Waals surface area (Å²) in [7, 11) is 0. The number of hydrogen-bond acceptors (Lipinski definition) is 4. The van der Waals surface area contributed by atoms with Gasteiger partial charge in [0, 0.05) is 26.8 Å². The topological polar surface area (TPSA) is 61.6 Å². The van der Waals surface area contributed by atoms with Crippen molar-refractivity contribution < 1.29 is 14.3 Å². The van der Waals surface area contributed by atoms with E-state index in [0.717, 1.165) is 21.1 Å². The molecule has 0 bridgehead atoms. The molecule has 1 atom stereocenters. The summed E-state index contributed by atoms with van der Waals surface area (Å²) in [4.78, 5) is 13.0. The third kappa shape index (κ3) is 3.48. The van der Waals surface area contributed by atoms with Gasteiger partial charge in [0.2, 0.25) is 0 Å². The Morgan fingerprint density at radius 1 is 1.27 bits per heavy atom. The smallest absolute Gasteiger partial charge is 0.405 e. The third-order valence-electron chi connectivity index (χ3n) is 3.26. The van der Waals surface area contributed by atoms with E-state index in [-0.39, 0.29) is 6.10 Å². The van der Waals surface area contributed by atoms with Gasteiger partial charge in [0.25, 0.3) is 0 Å². The van der Waals surface area contributed by atoms with Crippen molar-refractivity contribution in [1.29, 1.82) is 0 Å². The maximum Gasteiger partial charge on any atom is 0.405 e. The van der Waals surface area contributed by atoms with Crippen molar-refractivity contribution in [2.24, 2.45) is 5.73 Å². The number of hydrogen-bond donors (Lipinski definition) is 1. The highest BCUT2D eigenvalue weighted by Crippen LogP contribution is 2.39. The van der Waals surface area contributed by atoms with Crippen LogP contribution < -0.4 is 10.5 Å².